The van der Waals surface area contributed by atoms with E-state index in [1.165, 1.54) is 0 Å². The number of imidazole rings is 1. The molecule has 1 heterocycles. The van der Waals surface area contributed by atoms with Crippen LogP contribution in [0.1, 0.15) is 19.4 Å². The van der Waals surface area contributed by atoms with Crippen LogP contribution in [0, 0.1) is 12.7 Å². The largest absolute Gasteiger partial charge is 0.496 e. The minimum absolute atomic E-state index is 0.240. The number of H-pyrrole nitrogens is 1. The first kappa shape index (κ1) is 15.0. The SMILES string of the molecule is CC.COc1ccc2[nH]cnc2c1-c1cccc(C)c1F. The van der Waals surface area contributed by atoms with Crippen molar-refractivity contribution in [1.29, 1.82) is 0 Å². The van der Waals surface area contributed by atoms with Gasteiger partial charge in [0.05, 0.1) is 30.0 Å². The van der Waals surface area contributed by atoms with Crippen molar-refractivity contribution in [2.24, 2.45) is 0 Å². The number of halogens is 1. The van der Waals surface area contributed by atoms with E-state index in [2.05, 4.69) is 9.97 Å². The predicted molar refractivity (Wildman–Crippen MR) is 84.1 cm³/mol. The predicted octanol–water partition coefficient (Wildman–Crippen LogP) is 4.71. The Morgan fingerprint density at radius 2 is 1.90 bits per heavy atom. The van der Waals surface area contributed by atoms with Crippen LogP contribution in [0.15, 0.2) is 36.7 Å². The Balaban J connectivity index is 0.000000774. The number of fused-ring (bicyclic) bond motifs is 1. The Morgan fingerprint density at radius 3 is 2.62 bits per heavy atom. The van der Waals surface area contributed by atoms with Crippen LogP contribution in [0.3, 0.4) is 0 Å². The minimum Gasteiger partial charge on any atom is -0.496 e. The van der Waals surface area contributed by atoms with Gasteiger partial charge in [-0.3, -0.25) is 0 Å². The van der Waals surface area contributed by atoms with Gasteiger partial charge in [0.25, 0.3) is 0 Å². The maximum Gasteiger partial charge on any atom is 0.134 e. The molecule has 21 heavy (non-hydrogen) atoms. The molecule has 1 N–H and O–H groups in total. The number of rotatable bonds is 2. The summed E-state index contributed by atoms with van der Waals surface area (Å²) >= 11 is 0. The maximum atomic E-state index is 14.3. The van der Waals surface area contributed by atoms with Crippen molar-refractivity contribution < 1.29 is 9.13 Å². The van der Waals surface area contributed by atoms with E-state index in [-0.39, 0.29) is 5.82 Å². The molecule has 0 amide bonds. The zero-order chi connectivity index (χ0) is 15.4. The molecule has 3 rings (SSSR count). The van der Waals surface area contributed by atoms with Crippen LogP contribution in [-0.2, 0) is 0 Å². The van der Waals surface area contributed by atoms with Gasteiger partial charge >= 0.3 is 0 Å². The summed E-state index contributed by atoms with van der Waals surface area (Å²) in [5, 5.41) is 0. The fraction of sp³-hybridized carbons (Fsp3) is 0.235. The lowest BCUT2D eigenvalue weighted by Gasteiger charge is -2.11. The molecule has 3 nitrogen and oxygen atoms in total. The fourth-order valence-electron chi connectivity index (χ4n) is 2.26. The van der Waals surface area contributed by atoms with Crippen molar-refractivity contribution >= 4 is 11.0 Å². The molecule has 0 atom stereocenters. The van der Waals surface area contributed by atoms with Crippen molar-refractivity contribution in [3.05, 3.63) is 48.0 Å². The standard InChI is InChI=1S/C15H13FN2O.C2H6/c1-9-4-3-5-10(14(9)16)13-12(19-2)7-6-11-15(13)18-8-17-11;1-2/h3-8H,1-2H3,(H,17,18);1-2H3. The van der Waals surface area contributed by atoms with Gasteiger partial charge in [0.1, 0.15) is 11.6 Å². The summed E-state index contributed by atoms with van der Waals surface area (Å²) in [4.78, 5) is 7.30. The molecule has 0 bridgehead atoms. The van der Waals surface area contributed by atoms with E-state index >= 15 is 0 Å². The number of aryl methyl sites for hydroxylation is 1. The topological polar surface area (TPSA) is 37.9 Å². The molecule has 0 aliphatic heterocycles. The van der Waals surface area contributed by atoms with E-state index in [0.29, 0.717) is 28.0 Å². The number of benzene rings is 2. The van der Waals surface area contributed by atoms with E-state index in [1.54, 1.807) is 32.5 Å². The summed E-state index contributed by atoms with van der Waals surface area (Å²) in [6, 6.07) is 9.01. The first-order valence-electron chi connectivity index (χ1n) is 6.98. The number of aromatic nitrogens is 2. The number of nitrogens with one attached hydrogen (secondary N) is 1. The summed E-state index contributed by atoms with van der Waals surface area (Å²) in [6.07, 6.45) is 1.60. The number of hydrogen-bond donors (Lipinski definition) is 1. The van der Waals surface area contributed by atoms with Crippen molar-refractivity contribution in [3.63, 3.8) is 0 Å². The van der Waals surface area contributed by atoms with Gasteiger partial charge in [0.2, 0.25) is 0 Å². The molecule has 0 spiro atoms. The molecule has 0 radical (unpaired) electrons. The summed E-state index contributed by atoms with van der Waals surface area (Å²) in [7, 11) is 1.57. The number of hydrogen-bond acceptors (Lipinski definition) is 2. The zero-order valence-corrected chi connectivity index (χ0v) is 12.7. The monoisotopic (exact) mass is 286 g/mol. The summed E-state index contributed by atoms with van der Waals surface area (Å²) < 4.78 is 19.7. The molecule has 0 aliphatic carbocycles. The molecular weight excluding hydrogens is 267 g/mol. The summed E-state index contributed by atoms with van der Waals surface area (Å²) in [5.74, 6) is 0.375. The molecule has 0 saturated heterocycles. The Kier molecular flexibility index (Phi) is 4.58. The minimum atomic E-state index is -0.240. The van der Waals surface area contributed by atoms with E-state index in [9.17, 15) is 4.39 Å². The Hall–Kier alpha value is -2.36. The highest BCUT2D eigenvalue weighted by Crippen LogP contribution is 2.37. The number of ether oxygens (including phenoxy) is 1. The molecule has 3 aromatic rings. The van der Waals surface area contributed by atoms with Gasteiger partial charge in [-0.05, 0) is 24.6 Å². The average Bonchev–Trinajstić information content (AvgIpc) is 3.00. The van der Waals surface area contributed by atoms with E-state index in [4.69, 9.17) is 4.74 Å². The Labute approximate surface area is 123 Å². The molecule has 0 unspecified atom stereocenters. The molecular formula is C17H19FN2O. The van der Waals surface area contributed by atoms with Gasteiger partial charge in [-0.2, -0.15) is 0 Å². The van der Waals surface area contributed by atoms with Gasteiger partial charge in [0, 0.05) is 5.56 Å². The van der Waals surface area contributed by atoms with Gasteiger partial charge in [-0.15, -0.1) is 0 Å². The van der Waals surface area contributed by atoms with Crippen LogP contribution in [0.2, 0.25) is 0 Å². The second-order valence-electron chi connectivity index (χ2n) is 4.38. The molecule has 0 aliphatic rings. The lowest BCUT2D eigenvalue weighted by atomic mass is 10.00. The van der Waals surface area contributed by atoms with E-state index < -0.39 is 0 Å². The summed E-state index contributed by atoms with van der Waals surface area (Å²) in [5.41, 5.74) is 3.37. The highest BCUT2D eigenvalue weighted by atomic mass is 19.1. The lowest BCUT2D eigenvalue weighted by Crippen LogP contribution is -1.93. The first-order chi connectivity index (χ1) is 10.2. The van der Waals surface area contributed by atoms with Crippen molar-refractivity contribution in [1.82, 2.24) is 9.97 Å². The van der Waals surface area contributed by atoms with Crippen LogP contribution < -0.4 is 4.74 Å². The van der Waals surface area contributed by atoms with Gasteiger partial charge in [0.15, 0.2) is 0 Å². The number of aromatic amines is 1. The highest BCUT2D eigenvalue weighted by Gasteiger charge is 2.16. The third-order valence-electron chi connectivity index (χ3n) is 3.23. The van der Waals surface area contributed by atoms with Crippen molar-refractivity contribution in [3.8, 4) is 16.9 Å². The van der Waals surface area contributed by atoms with Crippen molar-refractivity contribution in [2.75, 3.05) is 7.11 Å². The highest BCUT2D eigenvalue weighted by molar-refractivity contribution is 5.95. The normalized spacial score (nSPS) is 10.1. The Bertz CT molecular complexity index is 750. The summed E-state index contributed by atoms with van der Waals surface area (Å²) in [6.45, 7) is 5.75. The third kappa shape index (κ3) is 2.61. The molecule has 0 fully saturated rings. The quantitative estimate of drug-likeness (QED) is 0.740. The maximum absolute atomic E-state index is 14.3. The second kappa shape index (κ2) is 6.39. The van der Waals surface area contributed by atoms with E-state index in [0.717, 1.165) is 5.52 Å². The lowest BCUT2D eigenvalue weighted by molar-refractivity contribution is 0.416. The van der Waals surface area contributed by atoms with Gasteiger partial charge in [-0.25, -0.2) is 9.37 Å². The molecule has 110 valence electrons. The molecule has 1 aromatic heterocycles. The van der Waals surface area contributed by atoms with Crippen LogP contribution >= 0.6 is 0 Å². The Morgan fingerprint density at radius 1 is 1.14 bits per heavy atom. The van der Waals surface area contributed by atoms with E-state index in [1.807, 2.05) is 32.0 Å². The fourth-order valence-corrected chi connectivity index (χ4v) is 2.26. The van der Waals surface area contributed by atoms with Gasteiger partial charge in [-0.1, -0.05) is 32.0 Å². The third-order valence-corrected chi connectivity index (χ3v) is 3.23. The number of nitrogens with zero attached hydrogens (tertiary/aromatic N) is 1. The van der Waals surface area contributed by atoms with Gasteiger partial charge < -0.3 is 9.72 Å². The smallest absolute Gasteiger partial charge is 0.134 e. The van der Waals surface area contributed by atoms with Crippen LogP contribution in [0.5, 0.6) is 5.75 Å². The first-order valence-corrected chi connectivity index (χ1v) is 6.98. The average molecular weight is 286 g/mol. The van der Waals surface area contributed by atoms with Crippen LogP contribution in [-0.4, -0.2) is 17.1 Å². The second-order valence-corrected chi connectivity index (χ2v) is 4.38. The number of methoxy groups -OCH3 is 1. The molecule has 2 aromatic carbocycles. The van der Waals surface area contributed by atoms with Crippen LogP contribution in [0.4, 0.5) is 4.39 Å². The zero-order valence-electron chi connectivity index (χ0n) is 12.7. The van der Waals surface area contributed by atoms with Crippen LogP contribution in [0.25, 0.3) is 22.2 Å². The van der Waals surface area contributed by atoms with Crippen molar-refractivity contribution in [2.45, 2.75) is 20.8 Å². The molecule has 4 heteroatoms. The molecule has 0 saturated carbocycles.